The number of halogens is 1. The molecule has 2 amide bonds. The van der Waals surface area contributed by atoms with E-state index in [1.54, 1.807) is 18.3 Å². The molecule has 1 atom stereocenters. The van der Waals surface area contributed by atoms with Gasteiger partial charge in [-0.15, -0.1) is 0 Å². The van der Waals surface area contributed by atoms with Crippen LogP contribution in [0.4, 0.5) is 4.79 Å². The molecule has 2 rings (SSSR count). The van der Waals surface area contributed by atoms with Crippen molar-refractivity contribution in [1.29, 1.82) is 0 Å². The van der Waals surface area contributed by atoms with Crippen LogP contribution in [-0.2, 0) is 6.54 Å². The quantitative estimate of drug-likeness (QED) is 0.907. The fourth-order valence-corrected chi connectivity index (χ4v) is 1.86. The Labute approximate surface area is 123 Å². The van der Waals surface area contributed by atoms with Crippen molar-refractivity contribution in [3.05, 3.63) is 64.9 Å². The van der Waals surface area contributed by atoms with E-state index in [0.717, 1.165) is 11.3 Å². The molecule has 0 saturated carbocycles. The maximum atomic E-state index is 11.8. The standard InChI is InChI=1S/C15H16ClN3O/c1-11(14-4-2-3-9-17-14)19-15(20)18-10-12-5-7-13(16)8-6-12/h2-9,11H,10H2,1H3,(H2,18,19,20)/t11-/m0/s1. The number of carbonyl (C=O) groups excluding carboxylic acids is 1. The third-order valence-electron chi connectivity index (χ3n) is 2.85. The van der Waals surface area contributed by atoms with Crippen molar-refractivity contribution in [2.24, 2.45) is 0 Å². The van der Waals surface area contributed by atoms with Gasteiger partial charge in [-0.2, -0.15) is 0 Å². The van der Waals surface area contributed by atoms with Gasteiger partial charge in [0, 0.05) is 17.8 Å². The molecule has 5 heteroatoms. The van der Waals surface area contributed by atoms with E-state index in [0.29, 0.717) is 11.6 Å². The van der Waals surface area contributed by atoms with Gasteiger partial charge >= 0.3 is 6.03 Å². The molecular weight excluding hydrogens is 274 g/mol. The lowest BCUT2D eigenvalue weighted by atomic mass is 10.2. The number of urea groups is 1. The van der Waals surface area contributed by atoms with Gasteiger partial charge in [0.1, 0.15) is 0 Å². The van der Waals surface area contributed by atoms with Crippen molar-refractivity contribution in [2.45, 2.75) is 19.5 Å². The molecule has 0 spiro atoms. The normalized spacial score (nSPS) is 11.7. The molecule has 0 aliphatic rings. The van der Waals surface area contributed by atoms with E-state index >= 15 is 0 Å². The number of hydrogen-bond donors (Lipinski definition) is 2. The minimum Gasteiger partial charge on any atom is -0.334 e. The maximum absolute atomic E-state index is 11.8. The lowest BCUT2D eigenvalue weighted by molar-refractivity contribution is 0.237. The molecule has 2 aromatic rings. The summed E-state index contributed by atoms with van der Waals surface area (Å²) in [6.45, 7) is 2.35. The zero-order valence-corrected chi connectivity index (χ0v) is 11.9. The molecule has 1 heterocycles. The molecule has 0 aliphatic carbocycles. The first-order chi connectivity index (χ1) is 9.65. The van der Waals surface area contributed by atoms with Crippen LogP contribution in [0.3, 0.4) is 0 Å². The van der Waals surface area contributed by atoms with E-state index in [4.69, 9.17) is 11.6 Å². The van der Waals surface area contributed by atoms with Gasteiger partial charge in [-0.1, -0.05) is 29.8 Å². The summed E-state index contributed by atoms with van der Waals surface area (Å²) in [5, 5.41) is 6.32. The van der Waals surface area contributed by atoms with Crippen molar-refractivity contribution < 1.29 is 4.79 Å². The van der Waals surface area contributed by atoms with Gasteiger partial charge in [-0.3, -0.25) is 4.98 Å². The molecule has 20 heavy (non-hydrogen) atoms. The van der Waals surface area contributed by atoms with Gasteiger partial charge in [-0.25, -0.2) is 4.79 Å². The molecule has 0 bridgehead atoms. The highest BCUT2D eigenvalue weighted by molar-refractivity contribution is 6.30. The van der Waals surface area contributed by atoms with Crippen molar-refractivity contribution in [2.75, 3.05) is 0 Å². The van der Waals surface area contributed by atoms with Crippen molar-refractivity contribution >= 4 is 17.6 Å². The lowest BCUT2D eigenvalue weighted by Crippen LogP contribution is -2.36. The predicted molar refractivity (Wildman–Crippen MR) is 79.5 cm³/mol. The van der Waals surface area contributed by atoms with E-state index in [2.05, 4.69) is 15.6 Å². The maximum Gasteiger partial charge on any atom is 0.315 e. The third-order valence-corrected chi connectivity index (χ3v) is 3.10. The van der Waals surface area contributed by atoms with Crippen molar-refractivity contribution in [3.8, 4) is 0 Å². The van der Waals surface area contributed by atoms with Crippen LogP contribution >= 0.6 is 11.6 Å². The topological polar surface area (TPSA) is 54.0 Å². The van der Waals surface area contributed by atoms with Crippen LogP contribution < -0.4 is 10.6 Å². The zero-order chi connectivity index (χ0) is 14.4. The van der Waals surface area contributed by atoms with Gasteiger partial charge in [0.25, 0.3) is 0 Å². The fourth-order valence-electron chi connectivity index (χ4n) is 1.74. The second kappa shape index (κ2) is 6.91. The number of rotatable bonds is 4. The number of benzene rings is 1. The summed E-state index contributed by atoms with van der Waals surface area (Å²) in [4.78, 5) is 16.0. The van der Waals surface area contributed by atoms with Crippen LogP contribution in [0.25, 0.3) is 0 Å². The first-order valence-corrected chi connectivity index (χ1v) is 6.72. The summed E-state index contributed by atoms with van der Waals surface area (Å²) < 4.78 is 0. The minimum absolute atomic E-state index is 0.138. The Morgan fingerprint density at radius 1 is 1.25 bits per heavy atom. The van der Waals surface area contributed by atoms with Gasteiger partial charge in [0.15, 0.2) is 0 Å². The highest BCUT2D eigenvalue weighted by Gasteiger charge is 2.09. The molecule has 0 unspecified atom stereocenters. The van der Waals surface area contributed by atoms with Crippen molar-refractivity contribution in [1.82, 2.24) is 15.6 Å². The lowest BCUT2D eigenvalue weighted by Gasteiger charge is -2.14. The number of nitrogens with one attached hydrogen (secondary N) is 2. The van der Waals surface area contributed by atoms with Crippen LogP contribution in [-0.4, -0.2) is 11.0 Å². The number of nitrogens with zero attached hydrogens (tertiary/aromatic N) is 1. The minimum atomic E-state index is -0.224. The van der Waals surface area contributed by atoms with Crippen LogP contribution in [0.15, 0.2) is 48.7 Å². The molecule has 0 fully saturated rings. The molecule has 4 nitrogen and oxygen atoms in total. The zero-order valence-electron chi connectivity index (χ0n) is 11.1. The largest absolute Gasteiger partial charge is 0.334 e. The van der Waals surface area contributed by atoms with Gasteiger partial charge in [0.2, 0.25) is 0 Å². The highest BCUT2D eigenvalue weighted by Crippen LogP contribution is 2.10. The Kier molecular flexibility index (Phi) is 4.96. The molecular formula is C15H16ClN3O. The van der Waals surface area contributed by atoms with E-state index in [1.807, 2.05) is 37.3 Å². The van der Waals surface area contributed by atoms with E-state index in [1.165, 1.54) is 0 Å². The second-order valence-electron chi connectivity index (χ2n) is 4.43. The van der Waals surface area contributed by atoms with Crippen molar-refractivity contribution in [3.63, 3.8) is 0 Å². The molecule has 0 saturated heterocycles. The Bertz CT molecular complexity index is 557. The van der Waals surface area contributed by atoms with E-state index in [-0.39, 0.29) is 12.1 Å². The van der Waals surface area contributed by atoms with Gasteiger partial charge < -0.3 is 10.6 Å². The summed E-state index contributed by atoms with van der Waals surface area (Å²) in [5.41, 5.74) is 1.82. The van der Waals surface area contributed by atoms with Crippen LogP contribution in [0.2, 0.25) is 5.02 Å². The Morgan fingerprint density at radius 3 is 2.65 bits per heavy atom. The Morgan fingerprint density at radius 2 is 2.00 bits per heavy atom. The number of carbonyl (C=O) groups is 1. The monoisotopic (exact) mass is 289 g/mol. The van der Waals surface area contributed by atoms with Crippen LogP contribution in [0, 0.1) is 0 Å². The molecule has 2 N–H and O–H groups in total. The number of aromatic nitrogens is 1. The SMILES string of the molecule is C[C@H](NC(=O)NCc1ccc(Cl)cc1)c1ccccn1. The van der Waals surface area contributed by atoms with E-state index in [9.17, 15) is 4.79 Å². The fraction of sp³-hybridized carbons (Fsp3) is 0.200. The summed E-state index contributed by atoms with van der Waals surface area (Å²) >= 11 is 5.80. The Hall–Kier alpha value is -2.07. The molecule has 1 aromatic carbocycles. The average molecular weight is 290 g/mol. The average Bonchev–Trinajstić information content (AvgIpc) is 2.47. The molecule has 1 aromatic heterocycles. The predicted octanol–water partition coefficient (Wildman–Crippen LogP) is 3.30. The first-order valence-electron chi connectivity index (χ1n) is 6.35. The first kappa shape index (κ1) is 14.3. The number of pyridine rings is 1. The molecule has 104 valence electrons. The number of amides is 2. The number of hydrogen-bond acceptors (Lipinski definition) is 2. The Balaban J connectivity index is 1.82. The van der Waals surface area contributed by atoms with Gasteiger partial charge in [0.05, 0.1) is 11.7 Å². The summed E-state index contributed by atoms with van der Waals surface area (Å²) in [6.07, 6.45) is 1.71. The molecule has 0 radical (unpaired) electrons. The van der Waals surface area contributed by atoms with Crippen LogP contribution in [0.5, 0.6) is 0 Å². The molecule has 0 aliphatic heterocycles. The summed E-state index contributed by atoms with van der Waals surface area (Å²) in [5.74, 6) is 0. The second-order valence-corrected chi connectivity index (χ2v) is 4.87. The smallest absolute Gasteiger partial charge is 0.315 e. The van der Waals surface area contributed by atoms with Crippen LogP contribution in [0.1, 0.15) is 24.2 Å². The highest BCUT2D eigenvalue weighted by atomic mass is 35.5. The summed E-state index contributed by atoms with van der Waals surface area (Å²) in [6, 6.07) is 12.6. The van der Waals surface area contributed by atoms with E-state index < -0.39 is 0 Å². The third kappa shape index (κ3) is 4.24. The van der Waals surface area contributed by atoms with Gasteiger partial charge in [-0.05, 0) is 36.8 Å². The summed E-state index contributed by atoms with van der Waals surface area (Å²) in [7, 11) is 0.